The Bertz CT molecular complexity index is 901. The molecule has 0 N–H and O–H groups in total. The van der Waals surface area contributed by atoms with E-state index in [-0.39, 0.29) is 4.90 Å². The molecule has 21 heavy (non-hydrogen) atoms. The summed E-state index contributed by atoms with van der Waals surface area (Å²) in [5.74, 6) is 0.679. The van der Waals surface area contributed by atoms with Gasteiger partial charge in [-0.2, -0.15) is 0 Å². The van der Waals surface area contributed by atoms with Gasteiger partial charge in [0.05, 0.1) is 17.5 Å². The number of methoxy groups -OCH3 is 1. The van der Waals surface area contributed by atoms with Crippen molar-refractivity contribution in [3.8, 4) is 5.75 Å². The summed E-state index contributed by atoms with van der Waals surface area (Å²) in [7, 11) is -2.04. The van der Waals surface area contributed by atoms with Crippen molar-refractivity contribution >= 4 is 36.9 Å². The normalized spacial score (nSPS) is 11.7. The van der Waals surface area contributed by atoms with E-state index in [1.807, 2.05) is 0 Å². The van der Waals surface area contributed by atoms with Crippen molar-refractivity contribution in [2.24, 2.45) is 0 Å². The van der Waals surface area contributed by atoms with Crippen molar-refractivity contribution < 1.29 is 13.2 Å². The van der Waals surface area contributed by atoms with Crippen LogP contribution in [-0.2, 0) is 10.0 Å². The van der Waals surface area contributed by atoms with Crippen molar-refractivity contribution in [1.29, 1.82) is 0 Å². The summed E-state index contributed by atoms with van der Waals surface area (Å²) >= 11 is 3.41. The Labute approximate surface area is 131 Å². The number of nitrogens with zero attached hydrogens (tertiary/aromatic N) is 1. The Kier molecular flexibility index (Phi) is 3.51. The quantitative estimate of drug-likeness (QED) is 0.711. The van der Waals surface area contributed by atoms with Crippen LogP contribution in [-0.4, -0.2) is 19.5 Å². The highest BCUT2D eigenvalue weighted by Gasteiger charge is 2.20. The molecule has 1 aromatic heterocycles. The molecule has 1 heterocycles. The predicted molar refractivity (Wildman–Crippen MR) is 85.2 cm³/mol. The Morgan fingerprint density at radius 2 is 1.81 bits per heavy atom. The summed E-state index contributed by atoms with van der Waals surface area (Å²) in [5, 5.41) is 0.786. The fraction of sp³-hybridized carbons (Fsp3) is 0.0667. The van der Waals surface area contributed by atoms with E-state index in [0.29, 0.717) is 15.7 Å². The summed E-state index contributed by atoms with van der Waals surface area (Å²) in [6, 6.07) is 13.6. The second-order valence-electron chi connectivity index (χ2n) is 4.47. The molecule has 0 aliphatic rings. The largest absolute Gasteiger partial charge is 0.497 e. The molecule has 3 aromatic rings. The molecule has 0 aliphatic heterocycles. The minimum atomic E-state index is -3.62. The lowest BCUT2D eigenvalue weighted by Gasteiger charge is -2.07. The SMILES string of the molecule is COc1ccc2c(c1)c(Br)cn2S(=O)(=O)c1ccccc1. The monoisotopic (exact) mass is 365 g/mol. The van der Waals surface area contributed by atoms with Crippen molar-refractivity contribution in [3.63, 3.8) is 0 Å². The van der Waals surface area contributed by atoms with E-state index in [1.54, 1.807) is 61.8 Å². The molecule has 4 nitrogen and oxygen atoms in total. The van der Waals surface area contributed by atoms with E-state index in [2.05, 4.69) is 15.9 Å². The van der Waals surface area contributed by atoms with E-state index in [9.17, 15) is 8.42 Å². The molecule has 3 rings (SSSR count). The van der Waals surface area contributed by atoms with Gasteiger partial charge in [-0.3, -0.25) is 0 Å². The molecule has 2 aromatic carbocycles. The van der Waals surface area contributed by atoms with Crippen LogP contribution in [0.25, 0.3) is 10.9 Å². The summed E-state index contributed by atoms with van der Waals surface area (Å²) in [6.45, 7) is 0. The van der Waals surface area contributed by atoms with Gasteiger partial charge in [-0.15, -0.1) is 0 Å². The van der Waals surface area contributed by atoms with Gasteiger partial charge in [0.25, 0.3) is 10.0 Å². The van der Waals surface area contributed by atoms with E-state index in [0.717, 1.165) is 5.39 Å². The van der Waals surface area contributed by atoms with Crippen LogP contribution in [0.4, 0.5) is 0 Å². The van der Waals surface area contributed by atoms with Gasteiger partial charge in [0.2, 0.25) is 0 Å². The maximum absolute atomic E-state index is 12.7. The molecule has 6 heteroatoms. The zero-order chi connectivity index (χ0) is 15.0. The minimum Gasteiger partial charge on any atom is -0.497 e. The Morgan fingerprint density at radius 3 is 2.48 bits per heavy atom. The third-order valence-corrected chi connectivity index (χ3v) is 5.55. The van der Waals surface area contributed by atoms with Gasteiger partial charge in [0.15, 0.2) is 0 Å². The van der Waals surface area contributed by atoms with Gasteiger partial charge in [-0.1, -0.05) is 18.2 Å². The number of aromatic nitrogens is 1. The summed E-state index contributed by atoms with van der Waals surface area (Å²) < 4.78 is 32.6. The highest BCUT2D eigenvalue weighted by molar-refractivity contribution is 9.10. The molecular weight excluding hydrogens is 354 g/mol. The second kappa shape index (κ2) is 5.20. The molecule has 0 saturated carbocycles. The van der Waals surface area contributed by atoms with E-state index in [1.165, 1.54) is 3.97 Å². The lowest BCUT2D eigenvalue weighted by molar-refractivity contribution is 0.415. The van der Waals surface area contributed by atoms with Gasteiger partial charge in [0, 0.05) is 16.1 Å². The number of halogens is 1. The fourth-order valence-corrected chi connectivity index (χ4v) is 4.22. The highest BCUT2D eigenvalue weighted by Crippen LogP contribution is 2.32. The van der Waals surface area contributed by atoms with Crippen LogP contribution in [0, 0.1) is 0 Å². The zero-order valence-corrected chi connectivity index (χ0v) is 13.6. The Morgan fingerprint density at radius 1 is 1.10 bits per heavy atom. The average molecular weight is 366 g/mol. The molecule has 0 fully saturated rings. The van der Waals surface area contributed by atoms with Crippen LogP contribution < -0.4 is 4.74 Å². The first kappa shape index (κ1) is 14.2. The predicted octanol–water partition coefficient (Wildman–Crippen LogP) is 3.65. The number of hydrogen-bond donors (Lipinski definition) is 0. The molecule has 0 amide bonds. The smallest absolute Gasteiger partial charge is 0.268 e. The number of hydrogen-bond acceptors (Lipinski definition) is 3. The van der Waals surface area contributed by atoms with Gasteiger partial charge < -0.3 is 4.74 Å². The number of fused-ring (bicyclic) bond motifs is 1. The number of rotatable bonds is 3. The van der Waals surface area contributed by atoms with E-state index < -0.39 is 10.0 Å². The van der Waals surface area contributed by atoms with Crippen molar-refractivity contribution in [1.82, 2.24) is 3.97 Å². The second-order valence-corrected chi connectivity index (χ2v) is 7.14. The lowest BCUT2D eigenvalue weighted by Crippen LogP contribution is -2.11. The molecule has 0 atom stereocenters. The topological polar surface area (TPSA) is 48.3 Å². The molecule has 0 radical (unpaired) electrons. The van der Waals surface area contributed by atoms with Crippen LogP contribution in [0.15, 0.2) is 64.1 Å². The van der Waals surface area contributed by atoms with Crippen molar-refractivity contribution in [3.05, 3.63) is 59.2 Å². The summed E-state index contributed by atoms with van der Waals surface area (Å²) in [6.07, 6.45) is 1.56. The zero-order valence-electron chi connectivity index (χ0n) is 11.2. The van der Waals surface area contributed by atoms with Gasteiger partial charge in [0.1, 0.15) is 5.75 Å². The molecule has 0 aliphatic carbocycles. The van der Waals surface area contributed by atoms with E-state index >= 15 is 0 Å². The average Bonchev–Trinajstić information content (AvgIpc) is 2.85. The van der Waals surface area contributed by atoms with Gasteiger partial charge in [-0.25, -0.2) is 12.4 Å². The van der Waals surface area contributed by atoms with Crippen molar-refractivity contribution in [2.75, 3.05) is 7.11 Å². The molecule has 0 spiro atoms. The number of benzene rings is 2. The molecule has 0 unspecified atom stereocenters. The maximum atomic E-state index is 12.7. The minimum absolute atomic E-state index is 0.255. The van der Waals surface area contributed by atoms with Crippen LogP contribution in [0.3, 0.4) is 0 Å². The summed E-state index contributed by atoms with van der Waals surface area (Å²) in [4.78, 5) is 0.255. The molecule has 0 saturated heterocycles. The Hall–Kier alpha value is -1.79. The van der Waals surface area contributed by atoms with Crippen LogP contribution in [0.1, 0.15) is 0 Å². The van der Waals surface area contributed by atoms with Crippen LogP contribution in [0.2, 0.25) is 0 Å². The first-order valence-electron chi connectivity index (χ1n) is 6.19. The third kappa shape index (κ3) is 2.34. The maximum Gasteiger partial charge on any atom is 0.268 e. The summed E-state index contributed by atoms with van der Waals surface area (Å²) in [5.41, 5.74) is 0.603. The first-order chi connectivity index (χ1) is 10.0. The van der Waals surface area contributed by atoms with Crippen LogP contribution >= 0.6 is 15.9 Å². The highest BCUT2D eigenvalue weighted by atomic mass is 79.9. The third-order valence-electron chi connectivity index (χ3n) is 3.23. The van der Waals surface area contributed by atoms with Crippen LogP contribution in [0.5, 0.6) is 5.75 Å². The first-order valence-corrected chi connectivity index (χ1v) is 8.42. The fourth-order valence-electron chi connectivity index (χ4n) is 2.17. The Balaban J connectivity index is 2.27. The van der Waals surface area contributed by atoms with Gasteiger partial charge in [-0.05, 0) is 46.3 Å². The molecule has 0 bridgehead atoms. The standard InChI is InChI=1S/C15H12BrNO3S/c1-20-11-7-8-15-13(9-11)14(16)10-17(15)21(18,19)12-5-3-2-4-6-12/h2-10H,1H3. The number of ether oxygens (including phenoxy) is 1. The molecular formula is C15H12BrNO3S. The van der Waals surface area contributed by atoms with Gasteiger partial charge >= 0.3 is 0 Å². The van der Waals surface area contributed by atoms with E-state index in [4.69, 9.17) is 4.74 Å². The van der Waals surface area contributed by atoms with Crippen molar-refractivity contribution in [2.45, 2.75) is 4.90 Å². The molecule has 108 valence electrons. The lowest BCUT2D eigenvalue weighted by atomic mass is 10.2.